The molecule has 110 valence electrons. The number of piperidine rings is 2. The van der Waals surface area contributed by atoms with Crippen molar-refractivity contribution in [1.29, 1.82) is 0 Å². The van der Waals surface area contributed by atoms with Gasteiger partial charge < -0.3 is 16.0 Å². The molecule has 0 spiro atoms. The quantitative estimate of drug-likeness (QED) is 0.730. The maximum atomic E-state index is 12.8. The molecule has 2 amide bonds. The van der Waals surface area contributed by atoms with Crippen molar-refractivity contribution in [2.75, 3.05) is 13.1 Å². The largest absolute Gasteiger partial charge is 0.392 e. The van der Waals surface area contributed by atoms with Gasteiger partial charge in [0, 0.05) is 25.6 Å². The van der Waals surface area contributed by atoms with E-state index in [0.29, 0.717) is 23.9 Å². The summed E-state index contributed by atoms with van der Waals surface area (Å²) in [6.07, 6.45) is 4.91. The summed E-state index contributed by atoms with van der Waals surface area (Å²) in [6, 6.07) is 0.238. The van der Waals surface area contributed by atoms with Gasteiger partial charge in [-0.2, -0.15) is 0 Å². The van der Waals surface area contributed by atoms with E-state index in [4.69, 9.17) is 18.0 Å². The maximum absolute atomic E-state index is 12.8. The van der Waals surface area contributed by atoms with Gasteiger partial charge in [-0.3, -0.25) is 9.59 Å². The van der Waals surface area contributed by atoms with E-state index in [1.807, 2.05) is 4.90 Å². The third kappa shape index (κ3) is 2.10. The minimum atomic E-state index is -0.569. The molecule has 5 nitrogen and oxygen atoms in total. The molecular weight excluding hydrogens is 274 g/mol. The number of nitrogens with one attached hydrogen (secondary N) is 1. The average Bonchev–Trinajstić information content (AvgIpc) is 2.36. The predicted octanol–water partition coefficient (Wildman–Crippen LogP) is 0.570. The minimum absolute atomic E-state index is 0.117. The van der Waals surface area contributed by atoms with E-state index in [-0.39, 0.29) is 17.9 Å². The number of fused-ring (bicyclic) bond motifs is 1. The van der Waals surface area contributed by atoms with Crippen molar-refractivity contribution in [3.05, 3.63) is 0 Å². The van der Waals surface area contributed by atoms with Gasteiger partial charge in [-0.15, -0.1) is 0 Å². The molecule has 2 unspecified atom stereocenters. The zero-order valence-corrected chi connectivity index (χ0v) is 12.4. The van der Waals surface area contributed by atoms with Crippen LogP contribution in [0.4, 0.5) is 0 Å². The maximum Gasteiger partial charge on any atom is 0.235 e. The van der Waals surface area contributed by atoms with Crippen molar-refractivity contribution >= 4 is 29.0 Å². The van der Waals surface area contributed by atoms with Crippen molar-refractivity contribution in [2.45, 2.75) is 44.6 Å². The number of rotatable bonds is 2. The van der Waals surface area contributed by atoms with E-state index in [0.717, 1.165) is 38.6 Å². The fourth-order valence-electron chi connectivity index (χ4n) is 3.69. The van der Waals surface area contributed by atoms with Crippen LogP contribution in [-0.2, 0) is 9.59 Å². The second-order valence-electron chi connectivity index (χ2n) is 6.31. The molecule has 3 aliphatic rings. The fraction of sp³-hybridized carbons (Fsp3) is 0.786. The van der Waals surface area contributed by atoms with Gasteiger partial charge in [0.25, 0.3) is 0 Å². The van der Waals surface area contributed by atoms with E-state index in [2.05, 4.69) is 5.32 Å². The fourth-order valence-corrected chi connectivity index (χ4v) is 3.98. The Balaban J connectivity index is 1.69. The third-order valence-electron chi connectivity index (χ3n) is 5.20. The predicted molar refractivity (Wildman–Crippen MR) is 78.9 cm³/mol. The van der Waals surface area contributed by atoms with Crippen molar-refractivity contribution in [3.8, 4) is 0 Å². The average molecular weight is 295 g/mol. The Kier molecular flexibility index (Phi) is 3.44. The summed E-state index contributed by atoms with van der Waals surface area (Å²) in [5, 5.41) is 3.04. The first-order valence-electron chi connectivity index (χ1n) is 7.41. The molecule has 2 atom stereocenters. The van der Waals surface area contributed by atoms with Crippen molar-refractivity contribution in [2.24, 2.45) is 17.1 Å². The van der Waals surface area contributed by atoms with Gasteiger partial charge in [0.1, 0.15) is 0 Å². The van der Waals surface area contributed by atoms with Crippen LogP contribution in [0.3, 0.4) is 0 Å². The van der Waals surface area contributed by atoms with E-state index >= 15 is 0 Å². The zero-order chi connectivity index (χ0) is 14.3. The number of hydrogen-bond acceptors (Lipinski definition) is 3. The summed E-state index contributed by atoms with van der Waals surface area (Å²) in [5.41, 5.74) is 5.25. The number of likely N-dealkylation sites (tertiary alicyclic amines) is 1. The molecule has 2 aliphatic heterocycles. The van der Waals surface area contributed by atoms with Crippen LogP contribution in [0.25, 0.3) is 0 Å². The molecule has 2 saturated heterocycles. The Morgan fingerprint density at radius 1 is 1.40 bits per heavy atom. The van der Waals surface area contributed by atoms with E-state index in [1.165, 1.54) is 0 Å². The van der Waals surface area contributed by atoms with Crippen LogP contribution in [0, 0.1) is 11.3 Å². The Labute approximate surface area is 124 Å². The summed E-state index contributed by atoms with van der Waals surface area (Å²) in [5.74, 6) is 0.644. The number of thiocarbonyl (C=S) groups is 1. The minimum Gasteiger partial charge on any atom is -0.392 e. The lowest BCUT2D eigenvalue weighted by atomic mass is 9.67. The first kappa shape index (κ1) is 13.8. The van der Waals surface area contributed by atoms with Crippen molar-refractivity contribution < 1.29 is 9.59 Å². The molecule has 0 aromatic rings. The number of nitrogens with zero attached hydrogens (tertiary/aromatic N) is 1. The van der Waals surface area contributed by atoms with Crippen LogP contribution in [0.5, 0.6) is 0 Å². The van der Waals surface area contributed by atoms with Gasteiger partial charge in [0.05, 0.1) is 10.4 Å². The summed E-state index contributed by atoms with van der Waals surface area (Å²) in [4.78, 5) is 26.4. The van der Waals surface area contributed by atoms with Gasteiger partial charge in [0.2, 0.25) is 11.8 Å². The van der Waals surface area contributed by atoms with Crippen LogP contribution < -0.4 is 11.1 Å². The molecule has 6 heteroatoms. The highest BCUT2D eigenvalue weighted by Gasteiger charge is 2.50. The molecular formula is C14H21N3O2S. The van der Waals surface area contributed by atoms with E-state index < -0.39 is 5.41 Å². The number of nitrogens with two attached hydrogens (primary N) is 1. The Morgan fingerprint density at radius 3 is 2.75 bits per heavy atom. The van der Waals surface area contributed by atoms with Crippen LogP contribution in [0.1, 0.15) is 38.5 Å². The summed E-state index contributed by atoms with van der Waals surface area (Å²) in [6.45, 7) is 1.43. The zero-order valence-electron chi connectivity index (χ0n) is 11.6. The van der Waals surface area contributed by atoms with Gasteiger partial charge in [-0.1, -0.05) is 18.6 Å². The third-order valence-corrected chi connectivity index (χ3v) is 5.59. The van der Waals surface area contributed by atoms with Crippen LogP contribution in [-0.4, -0.2) is 40.8 Å². The normalized spacial score (nSPS) is 31.8. The number of hydrogen-bond donors (Lipinski definition) is 2. The molecule has 0 radical (unpaired) electrons. The monoisotopic (exact) mass is 295 g/mol. The topological polar surface area (TPSA) is 75.4 Å². The first-order chi connectivity index (χ1) is 9.53. The molecule has 0 bridgehead atoms. The van der Waals surface area contributed by atoms with Gasteiger partial charge >= 0.3 is 0 Å². The Hall–Kier alpha value is -1.17. The lowest BCUT2D eigenvalue weighted by Gasteiger charge is -2.47. The molecule has 20 heavy (non-hydrogen) atoms. The van der Waals surface area contributed by atoms with E-state index in [9.17, 15) is 9.59 Å². The molecule has 2 heterocycles. The van der Waals surface area contributed by atoms with Crippen molar-refractivity contribution in [1.82, 2.24) is 10.2 Å². The molecule has 3 N–H and O–H groups in total. The highest BCUT2D eigenvalue weighted by atomic mass is 32.1. The SMILES string of the molecule is NC(=S)C1(C(=O)N2CCC3NC(=O)CCC3C2)CCC1. The second-order valence-corrected chi connectivity index (χ2v) is 6.75. The highest BCUT2D eigenvalue weighted by Crippen LogP contribution is 2.43. The molecule has 1 saturated carbocycles. The number of amides is 2. The van der Waals surface area contributed by atoms with Crippen LogP contribution in [0.2, 0.25) is 0 Å². The summed E-state index contributed by atoms with van der Waals surface area (Å²) in [7, 11) is 0. The lowest BCUT2D eigenvalue weighted by Crippen LogP contribution is -2.60. The molecule has 3 fully saturated rings. The number of carbonyl (C=O) groups is 2. The Bertz CT molecular complexity index is 461. The van der Waals surface area contributed by atoms with E-state index in [1.54, 1.807) is 0 Å². The standard InChI is InChI=1S/C14H21N3O2S/c15-12(20)14(5-1-6-14)13(19)17-7-4-10-9(8-17)2-3-11(18)16-10/h9-10H,1-8H2,(H2,15,20)(H,16,18). The second kappa shape index (κ2) is 4.98. The Morgan fingerprint density at radius 2 is 2.15 bits per heavy atom. The summed E-state index contributed by atoms with van der Waals surface area (Å²) < 4.78 is 0. The lowest BCUT2D eigenvalue weighted by molar-refractivity contribution is -0.145. The molecule has 0 aromatic carbocycles. The molecule has 0 aromatic heterocycles. The van der Waals surface area contributed by atoms with Crippen molar-refractivity contribution in [3.63, 3.8) is 0 Å². The molecule has 3 rings (SSSR count). The number of carbonyl (C=O) groups excluding carboxylic acids is 2. The smallest absolute Gasteiger partial charge is 0.235 e. The van der Waals surface area contributed by atoms with Gasteiger partial charge in [-0.25, -0.2) is 0 Å². The molecule has 1 aliphatic carbocycles. The van der Waals surface area contributed by atoms with Gasteiger partial charge in [0.15, 0.2) is 0 Å². The van der Waals surface area contributed by atoms with Crippen LogP contribution >= 0.6 is 12.2 Å². The highest BCUT2D eigenvalue weighted by molar-refractivity contribution is 7.80. The first-order valence-corrected chi connectivity index (χ1v) is 7.82. The van der Waals surface area contributed by atoms with Crippen LogP contribution in [0.15, 0.2) is 0 Å². The summed E-state index contributed by atoms with van der Waals surface area (Å²) >= 11 is 5.13. The van der Waals surface area contributed by atoms with Gasteiger partial charge in [-0.05, 0) is 31.6 Å².